The number of allylic oxidation sites excluding steroid dienone is 16. The standard InChI is InChI=1S/C77H143N3/c1-6-10-14-18-22-26-30-34-38-42-46-50-54-58-62-66-70-79(71-67-63-59-55-51-47-43-39-35-31-27-23-19-15-11-7-2)76-74-78(5)75-77-80(72-68-64-60-56-52-48-44-40-36-32-28-24-20-16-12-8-3)73-69-65-61-57-53-49-45-41-37-33-29-25-21-17-13-9-4/h22-29,34-41H,6-21,30-33,42-77H2,1-5H3/b26-22-,27-23-,28-24-,29-25-,38-34-,39-35-,40-36-,41-37-. The van der Waals surface area contributed by atoms with Gasteiger partial charge in [0.15, 0.2) is 0 Å². The molecule has 0 aliphatic heterocycles. The molecule has 0 rings (SSSR count). The van der Waals surface area contributed by atoms with Crippen LogP contribution in [0.5, 0.6) is 0 Å². The molecule has 0 N–H and O–H groups in total. The van der Waals surface area contributed by atoms with Gasteiger partial charge in [0.1, 0.15) is 0 Å². The van der Waals surface area contributed by atoms with Gasteiger partial charge in [-0.3, -0.25) is 0 Å². The van der Waals surface area contributed by atoms with E-state index in [9.17, 15) is 0 Å². The van der Waals surface area contributed by atoms with Crippen molar-refractivity contribution in [2.24, 2.45) is 0 Å². The predicted octanol–water partition coefficient (Wildman–Crippen LogP) is 24.8. The highest BCUT2D eigenvalue weighted by atomic mass is 15.2. The molecule has 0 bridgehead atoms. The highest BCUT2D eigenvalue weighted by Crippen LogP contribution is 2.15. The van der Waals surface area contributed by atoms with E-state index in [1.165, 1.54) is 335 Å². The lowest BCUT2D eigenvalue weighted by molar-refractivity contribution is 0.189. The van der Waals surface area contributed by atoms with E-state index in [1.807, 2.05) is 0 Å². The Morgan fingerprint density at radius 2 is 0.350 bits per heavy atom. The van der Waals surface area contributed by atoms with Gasteiger partial charge < -0.3 is 14.7 Å². The summed E-state index contributed by atoms with van der Waals surface area (Å²) in [5.74, 6) is 0. The quantitative estimate of drug-likeness (QED) is 0.0444. The second-order valence-corrected chi connectivity index (χ2v) is 24.3. The van der Waals surface area contributed by atoms with E-state index in [-0.39, 0.29) is 0 Å². The van der Waals surface area contributed by atoms with Crippen LogP contribution < -0.4 is 0 Å². The Morgan fingerprint density at radius 3 is 0.550 bits per heavy atom. The minimum atomic E-state index is 1.11. The largest absolute Gasteiger partial charge is 0.304 e. The average Bonchev–Trinajstić information content (AvgIpc) is 3.46. The van der Waals surface area contributed by atoms with E-state index in [1.54, 1.807) is 0 Å². The summed E-state index contributed by atoms with van der Waals surface area (Å²) in [6.45, 7) is 19.2. The molecule has 0 fully saturated rings. The second kappa shape index (κ2) is 71.1. The van der Waals surface area contributed by atoms with Crippen molar-refractivity contribution >= 4 is 0 Å². The van der Waals surface area contributed by atoms with Gasteiger partial charge in [-0.1, -0.05) is 279 Å². The van der Waals surface area contributed by atoms with Crippen molar-refractivity contribution in [3.63, 3.8) is 0 Å². The summed E-state index contributed by atoms with van der Waals surface area (Å²) in [7, 11) is 2.42. The smallest absolute Gasteiger partial charge is 0.0109 e. The second-order valence-electron chi connectivity index (χ2n) is 24.3. The fraction of sp³-hybridized carbons (Fsp3) is 0.792. The molecule has 0 aliphatic carbocycles. The first-order valence-electron chi connectivity index (χ1n) is 36.0. The van der Waals surface area contributed by atoms with Gasteiger partial charge in [-0.05, 0) is 187 Å². The topological polar surface area (TPSA) is 9.72 Å². The maximum Gasteiger partial charge on any atom is 0.0109 e. The molecule has 0 aromatic heterocycles. The predicted molar refractivity (Wildman–Crippen MR) is 368 cm³/mol. The van der Waals surface area contributed by atoms with Crippen molar-refractivity contribution in [3.8, 4) is 0 Å². The van der Waals surface area contributed by atoms with Crippen LogP contribution in [-0.4, -0.2) is 74.1 Å². The number of nitrogens with zero attached hydrogens (tertiary/aromatic N) is 3. The average molecular weight is 1110 g/mol. The summed E-state index contributed by atoms with van der Waals surface area (Å²) in [5, 5.41) is 0. The van der Waals surface area contributed by atoms with Gasteiger partial charge in [-0.25, -0.2) is 0 Å². The lowest BCUT2D eigenvalue weighted by Crippen LogP contribution is -2.39. The maximum atomic E-state index is 2.86. The third-order valence-corrected chi connectivity index (χ3v) is 16.3. The molecule has 0 aromatic rings. The first-order valence-corrected chi connectivity index (χ1v) is 36.0. The molecule has 0 saturated carbocycles. The SMILES string of the molecule is CCCCC/C=C\C/C=C\CCCCCCCCN(CCCCCCCC/C=C\C/C=C\CCCCC)CCN(C)CCN(CCCCCCCC/C=C\C/C=C\CCCCC)CCCCCCCC/C=C\C/C=C\CCCCC. The van der Waals surface area contributed by atoms with Crippen LogP contribution in [-0.2, 0) is 0 Å². The Labute approximate surface area is 504 Å². The van der Waals surface area contributed by atoms with Crippen molar-refractivity contribution in [2.75, 3.05) is 59.4 Å². The molecule has 0 heterocycles. The summed E-state index contributed by atoms with van der Waals surface area (Å²) >= 11 is 0. The Bertz CT molecular complexity index is 1200. The van der Waals surface area contributed by atoms with Crippen molar-refractivity contribution < 1.29 is 0 Å². The van der Waals surface area contributed by atoms with Crippen LogP contribution in [0, 0.1) is 0 Å². The zero-order valence-corrected chi connectivity index (χ0v) is 55.2. The first kappa shape index (κ1) is 77.8. The van der Waals surface area contributed by atoms with E-state index < -0.39 is 0 Å². The van der Waals surface area contributed by atoms with Gasteiger partial charge >= 0.3 is 0 Å². The normalized spacial score (nSPS) is 12.8. The molecule has 80 heavy (non-hydrogen) atoms. The molecule has 0 unspecified atom stereocenters. The lowest BCUT2D eigenvalue weighted by atomic mass is 10.1. The van der Waals surface area contributed by atoms with Crippen molar-refractivity contribution in [1.29, 1.82) is 0 Å². The van der Waals surface area contributed by atoms with Gasteiger partial charge in [0.25, 0.3) is 0 Å². The van der Waals surface area contributed by atoms with Crippen LogP contribution in [0.4, 0.5) is 0 Å². The third-order valence-electron chi connectivity index (χ3n) is 16.3. The third kappa shape index (κ3) is 66.6. The summed E-state index contributed by atoms with van der Waals surface area (Å²) in [6, 6.07) is 0. The number of likely N-dealkylation sites (N-methyl/N-ethyl adjacent to an activating group) is 1. The number of hydrogen-bond acceptors (Lipinski definition) is 3. The lowest BCUT2D eigenvalue weighted by Gasteiger charge is -2.28. The van der Waals surface area contributed by atoms with Gasteiger partial charge in [0.2, 0.25) is 0 Å². The Morgan fingerprint density at radius 1 is 0.175 bits per heavy atom. The molecule has 0 radical (unpaired) electrons. The molecule has 0 saturated heterocycles. The zero-order valence-electron chi connectivity index (χ0n) is 55.2. The molecule has 466 valence electrons. The Kier molecular flexibility index (Phi) is 69.1. The summed E-state index contributed by atoms with van der Waals surface area (Å²) in [6.07, 6.45) is 102. The van der Waals surface area contributed by atoms with Crippen molar-refractivity contribution in [1.82, 2.24) is 14.7 Å². The zero-order chi connectivity index (χ0) is 57.6. The highest BCUT2D eigenvalue weighted by molar-refractivity contribution is 4.95. The fourth-order valence-corrected chi connectivity index (χ4v) is 10.7. The molecule has 3 heteroatoms. The molecule has 0 amide bonds. The van der Waals surface area contributed by atoms with Crippen molar-refractivity contribution in [2.45, 2.75) is 336 Å². The van der Waals surface area contributed by atoms with E-state index in [2.05, 4.69) is 147 Å². The molecular formula is C77H143N3. The van der Waals surface area contributed by atoms with Crippen LogP contribution in [0.2, 0.25) is 0 Å². The fourth-order valence-electron chi connectivity index (χ4n) is 10.7. The molecule has 0 spiro atoms. The van der Waals surface area contributed by atoms with E-state index in [4.69, 9.17) is 0 Å². The van der Waals surface area contributed by atoms with Crippen LogP contribution in [0.3, 0.4) is 0 Å². The highest BCUT2D eigenvalue weighted by Gasteiger charge is 2.11. The number of unbranched alkanes of at least 4 members (excludes halogenated alkanes) is 36. The maximum absolute atomic E-state index is 2.86. The number of hydrogen-bond donors (Lipinski definition) is 0. The summed E-state index contributed by atoms with van der Waals surface area (Å²) in [5.41, 5.74) is 0. The van der Waals surface area contributed by atoms with E-state index in [0.717, 1.165) is 25.7 Å². The molecule has 0 aromatic carbocycles. The minimum Gasteiger partial charge on any atom is -0.304 e. The molecule has 3 nitrogen and oxygen atoms in total. The van der Waals surface area contributed by atoms with Crippen LogP contribution in [0.1, 0.15) is 336 Å². The van der Waals surface area contributed by atoms with Gasteiger partial charge in [0, 0.05) is 26.2 Å². The first-order chi connectivity index (χ1) is 39.7. The minimum absolute atomic E-state index is 1.11. The van der Waals surface area contributed by atoms with Crippen molar-refractivity contribution in [3.05, 3.63) is 97.2 Å². The molecular weight excluding hydrogens is 967 g/mol. The Hall–Kier alpha value is -2.20. The van der Waals surface area contributed by atoms with Gasteiger partial charge in [0.05, 0.1) is 0 Å². The number of rotatable bonds is 66. The van der Waals surface area contributed by atoms with Crippen LogP contribution >= 0.6 is 0 Å². The Balaban J connectivity index is 4.99. The van der Waals surface area contributed by atoms with Crippen LogP contribution in [0.25, 0.3) is 0 Å². The summed E-state index contributed by atoms with van der Waals surface area (Å²) < 4.78 is 0. The monoisotopic (exact) mass is 1110 g/mol. The van der Waals surface area contributed by atoms with E-state index in [0.29, 0.717) is 0 Å². The van der Waals surface area contributed by atoms with E-state index >= 15 is 0 Å². The summed E-state index contributed by atoms with van der Waals surface area (Å²) in [4.78, 5) is 8.39. The van der Waals surface area contributed by atoms with Gasteiger partial charge in [-0.2, -0.15) is 0 Å². The van der Waals surface area contributed by atoms with Gasteiger partial charge in [-0.15, -0.1) is 0 Å². The molecule has 0 aliphatic rings. The van der Waals surface area contributed by atoms with Crippen LogP contribution in [0.15, 0.2) is 97.2 Å². The molecule has 0 atom stereocenters.